The van der Waals surface area contributed by atoms with Crippen molar-refractivity contribution in [2.45, 2.75) is 78.6 Å². The summed E-state index contributed by atoms with van der Waals surface area (Å²) >= 11 is 0. The summed E-state index contributed by atoms with van der Waals surface area (Å²) < 4.78 is 0. The summed E-state index contributed by atoms with van der Waals surface area (Å²) in [7, 11) is 0. The number of nitrogens with one attached hydrogen (secondary N) is 3. The van der Waals surface area contributed by atoms with Gasteiger partial charge in [-0.15, -0.1) is 0 Å². The lowest BCUT2D eigenvalue weighted by atomic mass is 10.1. The number of rotatable bonds is 24. The Balaban J connectivity index is 0.000000165. The largest absolute Gasteiger partial charge is 0.364 e. The zero-order valence-corrected chi connectivity index (χ0v) is 56.6. The number of fused-ring (bicyclic) bond motifs is 3. The number of nitrogens with zero attached hydrogens (tertiary/aromatic N) is 9. The molecule has 27 nitrogen and oxygen atoms in total. The van der Waals surface area contributed by atoms with Gasteiger partial charge in [-0.2, -0.15) is 0 Å². The first-order valence-corrected chi connectivity index (χ1v) is 33.2. The topological polar surface area (TPSA) is 433 Å². The number of hydrogen-bond acceptors (Lipinski definition) is 18. The van der Waals surface area contributed by atoms with Crippen LogP contribution in [-0.4, -0.2) is 122 Å². The predicted molar refractivity (Wildman–Crippen MR) is 386 cm³/mol. The summed E-state index contributed by atoms with van der Waals surface area (Å²) in [5.74, 6) is -2.02. The second-order valence-electron chi connectivity index (χ2n) is 24.4. The van der Waals surface area contributed by atoms with Crippen molar-refractivity contribution >= 4 is 87.7 Å². The molecule has 0 atom stereocenters. The summed E-state index contributed by atoms with van der Waals surface area (Å²) in [6.07, 6.45) is 4.81. The monoisotopic (exact) mass is 1370 g/mol. The molecule has 6 aromatic carbocycles. The fourth-order valence-electron chi connectivity index (χ4n) is 11.5. The van der Waals surface area contributed by atoms with Crippen molar-refractivity contribution in [3.8, 4) is 34.2 Å². The lowest BCUT2D eigenvalue weighted by molar-refractivity contribution is -0.117. The van der Waals surface area contributed by atoms with Gasteiger partial charge in [0.25, 0.3) is 35.4 Å². The second kappa shape index (κ2) is 33.0. The Bertz CT molecular complexity index is 4700. The van der Waals surface area contributed by atoms with Crippen LogP contribution in [0.2, 0.25) is 0 Å². The van der Waals surface area contributed by atoms with Crippen molar-refractivity contribution in [1.82, 2.24) is 45.9 Å². The molecule has 15 N–H and O–H groups in total. The molecule has 12 rings (SSSR count). The van der Waals surface area contributed by atoms with E-state index in [1.165, 1.54) is 14.7 Å². The SMILES string of the molecule is Cc1ccc(-c2nc(C(N)=O)c3c(n2)N(c2cccc(C(=O)NCCCCCN)c2)C(=O)C3)cc1.Cc1ccc(-c2nc(C(N)=O)c3c(n2)N(c2cccc(C(=O)NCCCCN)c2)C(=O)C3)cc1.Cc1ccc(-c2nc(C(N)=O)c3c(n2)N(c2cccc(C(=O)NCCCN)c2)C(=O)C3)cc1. The number of nitrogens with two attached hydrogens (primary N) is 6. The molecule has 3 aliphatic heterocycles. The minimum Gasteiger partial charge on any atom is -0.364 e. The van der Waals surface area contributed by atoms with Gasteiger partial charge in [-0.3, -0.25) is 57.9 Å². The normalized spacial score (nSPS) is 12.5. The number of hydrogen-bond donors (Lipinski definition) is 9. The van der Waals surface area contributed by atoms with E-state index in [9.17, 15) is 43.2 Å². The number of aryl methyl sites for hydroxylation is 3. The Morgan fingerprint density at radius 3 is 0.922 bits per heavy atom. The number of aromatic nitrogens is 6. The van der Waals surface area contributed by atoms with Gasteiger partial charge in [0, 0.05) is 69.7 Å². The quantitative estimate of drug-likeness (QED) is 0.0283. The minimum absolute atomic E-state index is 0.0158. The number of anilines is 6. The highest BCUT2D eigenvalue weighted by Crippen LogP contribution is 2.41. The average molecular weight is 1380 g/mol. The Morgan fingerprint density at radius 2 is 0.637 bits per heavy atom. The lowest BCUT2D eigenvalue weighted by Crippen LogP contribution is -2.26. The van der Waals surface area contributed by atoms with Crippen molar-refractivity contribution in [3.05, 3.63) is 213 Å². The maximum Gasteiger partial charge on any atom is 0.267 e. The third-order valence-corrected chi connectivity index (χ3v) is 16.8. The van der Waals surface area contributed by atoms with E-state index < -0.39 is 17.7 Å². The van der Waals surface area contributed by atoms with Gasteiger partial charge < -0.3 is 50.4 Å². The van der Waals surface area contributed by atoms with Crippen LogP contribution in [0.5, 0.6) is 0 Å². The molecule has 0 radical (unpaired) electrons. The molecule has 0 saturated heterocycles. The fraction of sp³-hybridized carbons (Fsp3) is 0.240. The van der Waals surface area contributed by atoms with Gasteiger partial charge in [-0.05, 0) is 127 Å². The second-order valence-corrected chi connectivity index (χ2v) is 24.4. The molecule has 522 valence electrons. The zero-order chi connectivity index (χ0) is 72.7. The third kappa shape index (κ3) is 16.9. The molecule has 102 heavy (non-hydrogen) atoms. The minimum atomic E-state index is -0.732. The first kappa shape index (κ1) is 72.4. The summed E-state index contributed by atoms with van der Waals surface area (Å²) in [5, 5.41) is 8.55. The first-order chi connectivity index (χ1) is 49.2. The molecule has 0 fully saturated rings. The van der Waals surface area contributed by atoms with Gasteiger partial charge in [-0.1, -0.05) is 114 Å². The molecule has 9 aromatic rings. The molecule has 27 heteroatoms. The summed E-state index contributed by atoms with van der Waals surface area (Å²) in [4.78, 5) is 144. The molecular formula is C75H78N18O9. The molecule has 0 unspecified atom stereocenters. The highest BCUT2D eigenvalue weighted by molar-refractivity contribution is 6.13. The highest BCUT2D eigenvalue weighted by Gasteiger charge is 2.39. The van der Waals surface area contributed by atoms with E-state index in [2.05, 4.69) is 45.9 Å². The Morgan fingerprint density at radius 1 is 0.363 bits per heavy atom. The van der Waals surface area contributed by atoms with E-state index in [-0.39, 0.29) is 77.6 Å². The number of carbonyl (C=O) groups is 9. The predicted octanol–water partition coefficient (Wildman–Crippen LogP) is 6.72. The highest BCUT2D eigenvalue weighted by atomic mass is 16.2. The number of carbonyl (C=O) groups excluding carboxylic acids is 9. The van der Waals surface area contributed by atoms with Gasteiger partial charge >= 0.3 is 0 Å². The maximum atomic E-state index is 13.0. The Hall–Kier alpha value is -12.3. The van der Waals surface area contributed by atoms with Gasteiger partial charge in [-0.25, -0.2) is 29.9 Å². The van der Waals surface area contributed by atoms with Crippen LogP contribution in [0.4, 0.5) is 34.5 Å². The van der Waals surface area contributed by atoms with Crippen LogP contribution in [0.3, 0.4) is 0 Å². The average Bonchev–Trinajstić information content (AvgIpc) is 1.61. The van der Waals surface area contributed by atoms with E-state index in [4.69, 9.17) is 34.4 Å². The molecule has 6 heterocycles. The number of unbranched alkanes of at least 4 members (excludes halogenated alkanes) is 3. The standard InChI is InChI=1S/C26H28N6O3.C25H26N6O3.C24H24N6O3/c1-16-8-10-17(11-9-16)24-30-22(23(28)34)20-15-21(33)32(25(20)31-24)19-7-5-6-18(14-19)26(35)29-13-4-2-3-12-27;1-15-7-9-16(10-8-15)23-29-21(22(27)33)19-14-20(32)31(24(19)30-23)18-6-4-5-17(13-18)25(34)28-12-3-2-11-26;1-14-6-8-15(9-7-14)22-28-20(21(26)32)18-13-19(31)30(23(18)29-22)17-5-2-4-16(12-17)24(33)27-11-3-10-25/h5-11,14H,2-4,12-13,15,27H2,1H3,(H2,28,34)(H,29,35);4-10,13H,2-3,11-12,14,26H2,1H3,(H2,27,33)(H,28,34);2,4-9,12H,3,10-11,13,25H2,1H3,(H2,26,32)(H,27,33). The van der Waals surface area contributed by atoms with Crippen LogP contribution in [0, 0.1) is 20.8 Å². The Kier molecular flexibility index (Phi) is 23.4. The van der Waals surface area contributed by atoms with Crippen molar-refractivity contribution in [2.24, 2.45) is 34.4 Å². The van der Waals surface area contributed by atoms with E-state index in [1.54, 1.807) is 72.8 Å². The van der Waals surface area contributed by atoms with E-state index >= 15 is 0 Å². The maximum absolute atomic E-state index is 13.0. The summed E-state index contributed by atoms with van der Waals surface area (Å²) in [6, 6.07) is 42.7. The molecule has 0 spiro atoms. The van der Waals surface area contributed by atoms with Crippen LogP contribution < -0.4 is 65.1 Å². The van der Waals surface area contributed by atoms with Crippen LogP contribution in [0.15, 0.2) is 146 Å². The summed E-state index contributed by atoms with van der Waals surface area (Å²) in [5.41, 5.74) is 42.4. The molecule has 9 amide bonds. The van der Waals surface area contributed by atoms with Crippen molar-refractivity contribution in [2.75, 3.05) is 54.0 Å². The van der Waals surface area contributed by atoms with Gasteiger partial charge in [0.1, 0.15) is 34.5 Å². The van der Waals surface area contributed by atoms with Gasteiger partial charge in [0.05, 0.1) is 36.3 Å². The van der Waals surface area contributed by atoms with Crippen molar-refractivity contribution in [3.63, 3.8) is 0 Å². The van der Waals surface area contributed by atoms with Crippen molar-refractivity contribution < 1.29 is 43.2 Å². The molecule has 0 saturated carbocycles. The fourth-order valence-corrected chi connectivity index (χ4v) is 11.5. The van der Waals surface area contributed by atoms with Gasteiger partial charge in [0.15, 0.2) is 17.5 Å². The summed E-state index contributed by atoms with van der Waals surface area (Å²) in [6.45, 7) is 9.09. The van der Waals surface area contributed by atoms with E-state index in [0.29, 0.717) is 142 Å². The Labute approximate surface area is 587 Å². The van der Waals surface area contributed by atoms with Gasteiger partial charge in [0.2, 0.25) is 17.7 Å². The van der Waals surface area contributed by atoms with E-state index in [1.807, 2.05) is 93.6 Å². The molecule has 0 aliphatic carbocycles. The number of primary amides is 3. The van der Waals surface area contributed by atoms with Crippen LogP contribution in [0.1, 0.15) is 134 Å². The van der Waals surface area contributed by atoms with Crippen molar-refractivity contribution in [1.29, 1.82) is 0 Å². The lowest BCUT2D eigenvalue weighted by Gasteiger charge is -2.18. The molecule has 3 aliphatic rings. The van der Waals surface area contributed by atoms with Crippen LogP contribution in [0.25, 0.3) is 34.2 Å². The zero-order valence-electron chi connectivity index (χ0n) is 56.6. The number of benzene rings is 6. The first-order valence-electron chi connectivity index (χ1n) is 33.2. The van der Waals surface area contributed by atoms with Crippen LogP contribution >= 0.6 is 0 Å². The molecule has 0 bridgehead atoms. The smallest absolute Gasteiger partial charge is 0.267 e. The van der Waals surface area contributed by atoms with Crippen LogP contribution in [-0.2, 0) is 33.6 Å². The molecular weight excluding hydrogens is 1300 g/mol. The molecule has 3 aromatic heterocycles. The third-order valence-electron chi connectivity index (χ3n) is 16.8. The van der Waals surface area contributed by atoms with E-state index in [0.717, 1.165) is 48.8 Å². The number of amides is 9.